The van der Waals surface area contributed by atoms with E-state index in [1.165, 1.54) is 5.70 Å². The smallest absolute Gasteiger partial charge is 0.150 e. The van der Waals surface area contributed by atoms with Crippen molar-refractivity contribution in [2.75, 3.05) is 14.1 Å². The Kier molecular flexibility index (Phi) is 3.15. The van der Waals surface area contributed by atoms with Crippen LogP contribution in [0, 0.1) is 0 Å². The van der Waals surface area contributed by atoms with E-state index in [1.807, 2.05) is 38.4 Å². The van der Waals surface area contributed by atoms with E-state index in [4.69, 9.17) is 0 Å². The minimum atomic E-state index is 0.178. The minimum absolute atomic E-state index is 0.178. The Hall–Kier alpha value is -2.35. The van der Waals surface area contributed by atoms with Crippen LogP contribution in [0.4, 0.5) is 0 Å². The second kappa shape index (κ2) is 4.97. The van der Waals surface area contributed by atoms with Gasteiger partial charge in [0.15, 0.2) is 6.29 Å². The van der Waals surface area contributed by atoms with Crippen LogP contribution in [-0.4, -0.2) is 25.3 Å². The summed E-state index contributed by atoms with van der Waals surface area (Å²) in [6.45, 7) is 0. The van der Waals surface area contributed by atoms with Crippen LogP contribution in [0.3, 0.4) is 0 Å². The molecule has 0 N–H and O–H groups in total. The first-order valence-corrected chi connectivity index (χ1v) is 6.75. The molecule has 100 valence electrons. The zero-order chi connectivity index (χ0) is 14.1. The van der Waals surface area contributed by atoms with Crippen molar-refractivity contribution in [1.82, 2.24) is 4.90 Å². The summed E-state index contributed by atoms with van der Waals surface area (Å²) in [5.41, 5.74) is 3.06. The highest BCUT2D eigenvalue weighted by molar-refractivity contribution is 6.00. The minimum Gasteiger partial charge on any atom is -0.378 e. The Morgan fingerprint density at radius 2 is 1.90 bits per heavy atom. The van der Waals surface area contributed by atoms with Gasteiger partial charge >= 0.3 is 0 Å². The number of nitrogens with zero attached hydrogens (tertiary/aromatic N) is 1. The second-order valence-electron chi connectivity index (χ2n) is 5.28. The van der Waals surface area contributed by atoms with E-state index < -0.39 is 0 Å². The van der Waals surface area contributed by atoms with Gasteiger partial charge in [0, 0.05) is 31.3 Å². The summed E-state index contributed by atoms with van der Waals surface area (Å²) in [5, 5.41) is 2.14. The van der Waals surface area contributed by atoms with Gasteiger partial charge < -0.3 is 4.90 Å². The summed E-state index contributed by atoms with van der Waals surface area (Å²) in [6, 6.07) is 12.2. The summed E-state index contributed by atoms with van der Waals surface area (Å²) in [7, 11) is 4.05. The highest BCUT2D eigenvalue weighted by Gasteiger charge is 2.17. The van der Waals surface area contributed by atoms with Gasteiger partial charge in [-0.1, -0.05) is 42.5 Å². The van der Waals surface area contributed by atoms with Gasteiger partial charge in [0.1, 0.15) is 0 Å². The summed E-state index contributed by atoms with van der Waals surface area (Å²) in [5.74, 6) is 0.178. The lowest BCUT2D eigenvalue weighted by molar-refractivity contribution is 0.112. The monoisotopic (exact) mass is 263 g/mol. The molecule has 0 heterocycles. The molecule has 0 radical (unpaired) electrons. The van der Waals surface area contributed by atoms with E-state index in [-0.39, 0.29) is 5.92 Å². The predicted molar refractivity (Wildman–Crippen MR) is 83.0 cm³/mol. The SMILES string of the molecule is CN(C)C1=CC(c2ccc3ccccc3c2C=O)C=C1. The van der Waals surface area contributed by atoms with Gasteiger partial charge in [-0.2, -0.15) is 0 Å². The lowest BCUT2D eigenvalue weighted by Gasteiger charge is -2.13. The average molecular weight is 263 g/mol. The molecule has 1 aliphatic carbocycles. The van der Waals surface area contributed by atoms with E-state index in [1.54, 1.807) is 0 Å². The molecule has 2 aromatic rings. The fourth-order valence-corrected chi connectivity index (χ4v) is 2.72. The average Bonchev–Trinajstić information content (AvgIpc) is 2.95. The Balaban J connectivity index is 2.14. The molecule has 0 amide bonds. The Bertz CT molecular complexity index is 725. The Labute approximate surface area is 119 Å². The number of rotatable bonds is 3. The molecule has 1 atom stereocenters. The van der Waals surface area contributed by atoms with Gasteiger partial charge in [0.25, 0.3) is 0 Å². The molecule has 1 unspecified atom stereocenters. The quantitative estimate of drug-likeness (QED) is 0.786. The topological polar surface area (TPSA) is 20.3 Å². The first kappa shape index (κ1) is 12.7. The van der Waals surface area contributed by atoms with E-state index >= 15 is 0 Å². The van der Waals surface area contributed by atoms with E-state index in [0.717, 1.165) is 28.2 Å². The van der Waals surface area contributed by atoms with Crippen LogP contribution >= 0.6 is 0 Å². The summed E-state index contributed by atoms with van der Waals surface area (Å²) in [4.78, 5) is 13.6. The van der Waals surface area contributed by atoms with E-state index in [2.05, 4.69) is 35.3 Å². The fraction of sp³-hybridized carbons (Fsp3) is 0.167. The first-order valence-electron chi connectivity index (χ1n) is 6.75. The maximum atomic E-state index is 11.6. The zero-order valence-corrected chi connectivity index (χ0v) is 11.7. The summed E-state index contributed by atoms with van der Waals surface area (Å²) >= 11 is 0. The molecule has 0 aromatic heterocycles. The molecule has 2 heteroatoms. The van der Waals surface area contributed by atoms with Crippen LogP contribution in [0.15, 0.2) is 60.3 Å². The normalized spacial score (nSPS) is 17.3. The Morgan fingerprint density at radius 3 is 2.60 bits per heavy atom. The van der Waals surface area contributed by atoms with Gasteiger partial charge in [0.2, 0.25) is 0 Å². The number of likely N-dealkylation sites (N-methyl/N-ethyl adjacent to an activating group) is 1. The molecule has 20 heavy (non-hydrogen) atoms. The van der Waals surface area contributed by atoms with E-state index in [0.29, 0.717) is 0 Å². The van der Waals surface area contributed by atoms with Crippen LogP contribution in [0.5, 0.6) is 0 Å². The molecule has 0 saturated heterocycles. The number of aldehydes is 1. The van der Waals surface area contributed by atoms with Crippen LogP contribution in [-0.2, 0) is 0 Å². The van der Waals surface area contributed by atoms with Crippen LogP contribution < -0.4 is 0 Å². The highest BCUT2D eigenvalue weighted by atomic mass is 16.1. The first-order chi connectivity index (χ1) is 9.70. The number of carbonyl (C=O) groups excluding carboxylic acids is 1. The Morgan fingerprint density at radius 1 is 1.10 bits per heavy atom. The van der Waals surface area contributed by atoms with Crippen molar-refractivity contribution in [3.63, 3.8) is 0 Å². The standard InChI is InChI=1S/C18H17NO/c1-19(2)15-9-7-14(11-15)17-10-8-13-5-3-4-6-16(13)18(17)12-20/h3-12,14H,1-2H3. The van der Waals surface area contributed by atoms with Crippen molar-refractivity contribution < 1.29 is 4.79 Å². The van der Waals surface area contributed by atoms with Gasteiger partial charge in [0.05, 0.1) is 0 Å². The van der Waals surface area contributed by atoms with Crippen LogP contribution in [0.2, 0.25) is 0 Å². The molecule has 2 aromatic carbocycles. The third-order valence-corrected chi connectivity index (χ3v) is 3.82. The summed E-state index contributed by atoms with van der Waals surface area (Å²) in [6.07, 6.45) is 7.42. The molecular weight excluding hydrogens is 246 g/mol. The molecule has 0 saturated carbocycles. The largest absolute Gasteiger partial charge is 0.378 e. The van der Waals surface area contributed by atoms with Crippen molar-refractivity contribution >= 4 is 17.1 Å². The molecule has 0 bridgehead atoms. The number of hydrogen-bond acceptors (Lipinski definition) is 2. The number of allylic oxidation sites excluding steroid dienone is 3. The molecular formula is C18H17NO. The van der Waals surface area contributed by atoms with Gasteiger partial charge in [-0.15, -0.1) is 0 Å². The molecule has 0 aliphatic heterocycles. The van der Waals surface area contributed by atoms with E-state index in [9.17, 15) is 4.79 Å². The van der Waals surface area contributed by atoms with Crippen molar-refractivity contribution in [2.45, 2.75) is 5.92 Å². The van der Waals surface area contributed by atoms with Gasteiger partial charge in [-0.05, 0) is 28.5 Å². The molecule has 2 nitrogen and oxygen atoms in total. The molecule has 0 fully saturated rings. The second-order valence-corrected chi connectivity index (χ2v) is 5.28. The number of fused-ring (bicyclic) bond motifs is 1. The third kappa shape index (κ3) is 2.03. The number of carbonyl (C=O) groups is 1. The fourth-order valence-electron chi connectivity index (χ4n) is 2.72. The van der Waals surface area contributed by atoms with Crippen molar-refractivity contribution in [1.29, 1.82) is 0 Å². The van der Waals surface area contributed by atoms with Crippen molar-refractivity contribution in [3.8, 4) is 0 Å². The zero-order valence-electron chi connectivity index (χ0n) is 11.7. The van der Waals surface area contributed by atoms with Crippen molar-refractivity contribution in [2.24, 2.45) is 0 Å². The maximum absolute atomic E-state index is 11.6. The van der Waals surface area contributed by atoms with Crippen LogP contribution in [0.25, 0.3) is 10.8 Å². The molecule has 3 rings (SSSR count). The number of benzene rings is 2. The lowest BCUT2D eigenvalue weighted by Crippen LogP contribution is -2.07. The molecule has 0 spiro atoms. The molecule has 1 aliphatic rings. The maximum Gasteiger partial charge on any atom is 0.150 e. The van der Waals surface area contributed by atoms with Gasteiger partial charge in [-0.25, -0.2) is 0 Å². The third-order valence-electron chi connectivity index (χ3n) is 3.82. The van der Waals surface area contributed by atoms with Crippen molar-refractivity contribution in [3.05, 3.63) is 71.5 Å². The van der Waals surface area contributed by atoms with Gasteiger partial charge in [-0.3, -0.25) is 4.79 Å². The summed E-state index contributed by atoms with van der Waals surface area (Å²) < 4.78 is 0. The lowest BCUT2D eigenvalue weighted by atomic mass is 9.91. The predicted octanol–water partition coefficient (Wildman–Crippen LogP) is 3.75. The number of hydrogen-bond donors (Lipinski definition) is 0. The van der Waals surface area contributed by atoms with Crippen LogP contribution in [0.1, 0.15) is 21.8 Å². The highest BCUT2D eigenvalue weighted by Crippen LogP contribution is 2.32.